The number of benzene rings is 2. The van der Waals surface area contributed by atoms with E-state index in [4.69, 9.17) is 4.74 Å². The minimum atomic E-state index is -0.437. The zero-order valence-corrected chi connectivity index (χ0v) is 12.7. The highest BCUT2D eigenvalue weighted by molar-refractivity contribution is 5.90. The number of carbonyl (C=O) groups excluding carboxylic acids is 1. The second-order valence-corrected chi connectivity index (χ2v) is 4.90. The first kappa shape index (κ1) is 15.7. The highest BCUT2D eigenvalue weighted by Crippen LogP contribution is 2.23. The topological polar surface area (TPSA) is 70.6 Å². The van der Waals surface area contributed by atoms with Gasteiger partial charge in [0.15, 0.2) is 6.73 Å². The molecule has 5 heteroatoms. The van der Waals surface area contributed by atoms with Gasteiger partial charge in [-0.2, -0.15) is 0 Å². The molecule has 2 rings (SSSR count). The summed E-state index contributed by atoms with van der Waals surface area (Å²) in [6.07, 6.45) is 0.861. The largest absolute Gasteiger partial charge is 0.506 e. The Morgan fingerprint density at radius 1 is 1.23 bits per heavy atom. The maximum absolute atomic E-state index is 11.8. The summed E-state index contributed by atoms with van der Waals surface area (Å²) in [5.74, 6) is 0.788. The van der Waals surface area contributed by atoms with Crippen molar-refractivity contribution in [2.45, 2.75) is 20.3 Å². The third kappa shape index (κ3) is 4.15. The number of aryl methyl sites for hydroxylation is 2. The van der Waals surface area contributed by atoms with Crippen LogP contribution in [-0.4, -0.2) is 17.9 Å². The van der Waals surface area contributed by atoms with E-state index in [1.54, 1.807) is 12.1 Å². The highest BCUT2D eigenvalue weighted by Gasteiger charge is 2.06. The van der Waals surface area contributed by atoms with Crippen LogP contribution in [0.5, 0.6) is 11.5 Å². The minimum absolute atomic E-state index is 0.0346. The van der Waals surface area contributed by atoms with Crippen molar-refractivity contribution in [2.24, 2.45) is 0 Å². The molecule has 0 radical (unpaired) electrons. The van der Waals surface area contributed by atoms with Crippen LogP contribution in [0.1, 0.15) is 18.1 Å². The number of para-hydroxylation sites is 1. The summed E-state index contributed by atoms with van der Waals surface area (Å²) in [6.45, 7) is 3.96. The van der Waals surface area contributed by atoms with Crippen molar-refractivity contribution < 1.29 is 14.6 Å². The van der Waals surface area contributed by atoms with Crippen molar-refractivity contribution in [3.8, 4) is 11.5 Å². The Morgan fingerprint density at radius 2 is 2.00 bits per heavy atom. The number of urea groups is 1. The number of amides is 2. The molecule has 2 aromatic carbocycles. The van der Waals surface area contributed by atoms with Crippen molar-refractivity contribution in [1.29, 1.82) is 0 Å². The molecular formula is C17H20N2O3. The van der Waals surface area contributed by atoms with Gasteiger partial charge in [-0.15, -0.1) is 0 Å². The van der Waals surface area contributed by atoms with E-state index in [1.165, 1.54) is 0 Å². The van der Waals surface area contributed by atoms with Crippen LogP contribution in [0, 0.1) is 6.92 Å². The van der Waals surface area contributed by atoms with Crippen LogP contribution < -0.4 is 15.4 Å². The van der Waals surface area contributed by atoms with Crippen LogP contribution in [0.4, 0.5) is 10.5 Å². The molecule has 0 spiro atoms. The van der Waals surface area contributed by atoms with Crippen molar-refractivity contribution in [3.63, 3.8) is 0 Å². The Kier molecular flexibility index (Phi) is 5.25. The number of carbonyl (C=O) groups is 1. The molecule has 0 saturated heterocycles. The summed E-state index contributed by atoms with van der Waals surface area (Å²) >= 11 is 0. The molecule has 0 fully saturated rings. The van der Waals surface area contributed by atoms with Gasteiger partial charge in [-0.1, -0.05) is 31.2 Å². The summed E-state index contributed by atoms with van der Waals surface area (Å²) in [5.41, 5.74) is 2.36. The SMILES string of the molecule is CCc1ccccc1OCNC(=O)Nc1ccc(C)cc1O. The Morgan fingerprint density at radius 3 is 2.73 bits per heavy atom. The molecule has 5 nitrogen and oxygen atoms in total. The van der Waals surface area contributed by atoms with Gasteiger partial charge in [0.05, 0.1) is 5.69 Å². The number of anilines is 1. The Hall–Kier alpha value is -2.69. The fourth-order valence-corrected chi connectivity index (χ4v) is 2.03. The van der Waals surface area contributed by atoms with Crippen LogP contribution >= 0.6 is 0 Å². The molecule has 0 aliphatic carbocycles. The number of phenols is 1. The lowest BCUT2D eigenvalue weighted by Gasteiger charge is -2.12. The first-order chi connectivity index (χ1) is 10.6. The summed E-state index contributed by atoms with van der Waals surface area (Å²) in [7, 11) is 0. The number of ether oxygens (including phenoxy) is 1. The number of phenolic OH excluding ortho intramolecular Hbond substituents is 1. The normalized spacial score (nSPS) is 10.1. The molecule has 0 aliphatic rings. The van der Waals surface area contributed by atoms with Crippen molar-refractivity contribution >= 4 is 11.7 Å². The molecule has 0 atom stereocenters. The predicted octanol–water partition coefficient (Wildman–Crippen LogP) is 3.42. The average Bonchev–Trinajstić information content (AvgIpc) is 2.50. The van der Waals surface area contributed by atoms with Gasteiger partial charge in [0.25, 0.3) is 0 Å². The Bertz CT molecular complexity index is 656. The number of aromatic hydroxyl groups is 1. The lowest BCUT2D eigenvalue weighted by Crippen LogP contribution is -2.32. The summed E-state index contributed by atoms with van der Waals surface area (Å²) < 4.78 is 5.55. The van der Waals surface area contributed by atoms with Gasteiger partial charge in [-0.3, -0.25) is 0 Å². The van der Waals surface area contributed by atoms with Gasteiger partial charge in [0, 0.05) is 0 Å². The molecule has 2 amide bonds. The van der Waals surface area contributed by atoms with Crippen molar-refractivity contribution in [1.82, 2.24) is 5.32 Å². The fraction of sp³-hybridized carbons (Fsp3) is 0.235. The van der Waals surface area contributed by atoms with E-state index < -0.39 is 6.03 Å². The maximum atomic E-state index is 11.8. The molecule has 0 aliphatic heterocycles. The first-order valence-corrected chi connectivity index (χ1v) is 7.15. The van der Waals surface area contributed by atoms with Crippen molar-refractivity contribution in [3.05, 3.63) is 53.6 Å². The molecule has 0 saturated carbocycles. The van der Waals surface area contributed by atoms with Crippen LogP contribution in [-0.2, 0) is 6.42 Å². The second kappa shape index (κ2) is 7.36. The Labute approximate surface area is 129 Å². The van der Waals surface area contributed by atoms with Crippen LogP contribution in [0.2, 0.25) is 0 Å². The second-order valence-electron chi connectivity index (χ2n) is 4.90. The first-order valence-electron chi connectivity index (χ1n) is 7.15. The molecule has 0 unspecified atom stereocenters. The quantitative estimate of drug-likeness (QED) is 0.585. The summed E-state index contributed by atoms with van der Waals surface area (Å²) in [4.78, 5) is 11.8. The average molecular weight is 300 g/mol. The molecule has 22 heavy (non-hydrogen) atoms. The number of nitrogens with one attached hydrogen (secondary N) is 2. The van der Waals surface area contributed by atoms with Gasteiger partial charge < -0.3 is 20.5 Å². The van der Waals surface area contributed by atoms with E-state index in [0.29, 0.717) is 5.69 Å². The molecule has 116 valence electrons. The predicted molar refractivity (Wildman–Crippen MR) is 86.3 cm³/mol. The minimum Gasteiger partial charge on any atom is -0.506 e. The van der Waals surface area contributed by atoms with Gasteiger partial charge >= 0.3 is 6.03 Å². The van der Waals surface area contributed by atoms with Gasteiger partial charge in [0.1, 0.15) is 11.5 Å². The Balaban J connectivity index is 1.85. The number of hydrogen-bond acceptors (Lipinski definition) is 3. The standard InChI is InChI=1S/C17H20N2O3/c1-3-13-6-4-5-7-16(13)22-11-18-17(21)19-14-9-8-12(2)10-15(14)20/h4-10,20H,3,11H2,1-2H3,(H2,18,19,21). The monoisotopic (exact) mass is 300 g/mol. The van der Waals surface area contributed by atoms with E-state index in [0.717, 1.165) is 23.3 Å². The molecule has 3 N–H and O–H groups in total. The molecule has 0 aromatic heterocycles. The zero-order valence-electron chi connectivity index (χ0n) is 12.7. The van der Waals surface area contributed by atoms with E-state index in [9.17, 15) is 9.90 Å². The number of hydrogen-bond donors (Lipinski definition) is 3. The molecule has 0 bridgehead atoms. The van der Waals surface area contributed by atoms with Crippen LogP contribution in [0.3, 0.4) is 0 Å². The van der Waals surface area contributed by atoms with Gasteiger partial charge in [-0.05, 0) is 42.7 Å². The van der Waals surface area contributed by atoms with E-state index in [2.05, 4.69) is 10.6 Å². The third-order valence-electron chi connectivity index (χ3n) is 3.22. The third-order valence-corrected chi connectivity index (χ3v) is 3.22. The van der Waals surface area contributed by atoms with E-state index >= 15 is 0 Å². The number of rotatable bonds is 5. The molecular weight excluding hydrogens is 280 g/mol. The summed E-state index contributed by atoms with van der Waals surface area (Å²) in [6, 6.07) is 12.3. The van der Waals surface area contributed by atoms with E-state index in [-0.39, 0.29) is 12.5 Å². The van der Waals surface area contributed by atoms with Crippen molar-refractivity contribution in [2.75, 3.05) is 12.0 Å². The smallest absolute Gasteiger partial charge is 0.321 e. The van der Waals surface area contributed by atoms with E-state index in [1.807, 2.05) is 44.2 Å². The van der Waals surface area contributed by atoms with Gasteiger partial charge in [0.2, 0.25) is 0 Å². The zero-order chi connectivity index (χ0) is 15.9. The molecule has 0 heterocycles. The molecule has 2 aromatic rings. The maximum Gasteiger partial charge on any atom is 0.321 e. The fourth-order valence-electron chi connectivity index (χ4n) is 2.03. The lowest BCUT2D eigenvalue weighted by atomic mass is 10.1. The van der Waals surface area contributed by atoms with Crippen LogP contribution in [0.25, 0.3) is 0 Å². The van der Waals surface area contributed by atoms with Crippen LogP contribution in [0.15, 0.2) is 42.5 Å². The summed E-state index contributed by atoms with van der Waals surface area (Å²) in [5, 5.41) is 14.9. The van der Waals surface area contributed by atoms with Gasteiger partial charge in [-0.25, -0.2) is 4.79 Å². The highest BCUT2D eigenvalue weighted by atomic mass is 16.5. The lowest BCUT2D eigenvalue weighted by molar-refractivity contribution is 0.234.